The normalized spacial score (nSPS) is 22.4. The van der Waals surface area contributed by atoms with Crippen LogP contribution in [0.2, 0.25) is 0 Å². The van der Waals surface area contributed by atoms with Crippen LogP contribution in [0.3, 0.4) is 0 Å². The van der Waals surface area contributed by atoms with Gasteiger partial charge in [0.1, 0.15) is 6.04 Å². The Bertz CT molecular complexity index is 861. The summed E-state index contributed by atoms with van der Waals surface area (Å²) < 4.78 is 67.6. The number of primary amides is 1. The minimum atomic E-state index is -4.34. The number of rotatable bonds is 5. The molecular formula is C19H28F5N5O2. The first-order valence-corrected chi connectivity index (χ1v) is 9.85. The highest BCUT2D eigenvalue weighted by molar-refractivity contribution is 5.99. The van der Waals surface area contributed by atoms with E-state index in [9.17, 15) is 31.5 Å². The minimum Gasteiger partial charge on any atom is -0.367 e. The summed E-state index contributed by atoms with van der Waals surface area (Å²) in [4.78, 5) is 27.3. The second-order valence-corrected chi connectivity index (χ2v) is 7.84. The van der Waals surface area contributed by atoms with E-state index in [1.165, 1.54) is 24.1 Å². The topological polar surface area (TPSA) is 81.9 Å². The van der Waals surface area contributed by atoms with Gasteiger partial charge >= 0.3 is 12.2 Å². The maximum Gasteiger partial charge on any atom is 0.401 e. The first kappa shape index (κ1) is 23.0. The van der Waals surface area contributed by atoms with Crippen LogP contribution < -0.4 is 20.9 Å². The molecule has 0 aliphatic carbocycles. The van der Waals surface area contributed by atoms with Crippen LogP contribution in [0.25, 0.3) is 0 Å². The van der Waals surface area contributed by atoms with Gasteiger partial charge in [0.25, 0.3) is 0 Å². The fraction of sp³-hybridized carbons (Fsp3) is 0.579. The van der Waals surface area contributed by atoms with E-state index in [4.69, 9.17) is 5.73 Å². The Balaban J connectivity index is 0.00000272. The average Bonchev–Trinajstić information content (AvgIpc) is 3.14. The van der Waals surface area contributed by atoms with Gasteiger partial charge in [-0.05, 0) is 38.4 Å². The Morgan fingerprint density at radius 3 is 2.52 bits per heavy atom. The summed E-state index contributed by atoms with van der Waals surface area (Å²) in [5.41, 5.74) is 4.73. The lowest BCUT2D eigenvalue weighted by Crippen LogP contribution is -2.53. The molecule has 1 aromatic carbocycles. The Hall–Kier alpha value is -2.63. The number of urea groups is 1. The van der Waals surface area contributed by atoms with E-state index in [0.717, 1.165) is 9.80 Å². The fourth-order valence-electron chi connectivity index (χ4n) is 4.13. The predicted octanol–water partition coefficient (Wildman–Crippen LogP) is 2.69. The molecule has 1 aromatic rings. The maximum absolute atomic E-state index is 14.9. The molecule has 0 aromatic heterocycles. The second-order valence-electron chi connectivity index (χ2n) is 7.84. The van der Waals surface area contributed by atoms with Crippen molar-refractivity contribution < 1.29 is 34.4 Å². The fourth-order valence-corrected chi connectivity index (χ4v) is 4.13. The van der Waals surface area contributed by atoms with Crippen molar-refractivity contribution in [2.24, 2.45) is 5.73 Å². The van der Waals surface area contributed by atoms with Crippen molar-refractivity contribution in [2.75, 3.05) is 43.0 Å². The molecule has 0 saturated carbocycles. The van der Waals surface area contributed by atoms with E-state index < -0.39 is 48.4 Å². The van der Waals surface area contributed by atoms with Gasteiger partial charge in [-0.25, -0.2) is 13.6 Å². The number of piperidine rings is 1. The first-order valence-electron chi connectivity index (χ1n) is 9.85. The van der Waals surface area contributed by atoms with Crippen molar-refractivity contribution >= 4 is 23.3 Å². The number of likely N-dealkylation sites (N-methyl/N-ethyl adjacent to an activating group) is 1. The molecule has 3 N–H and O–H groups in total. The lowest BCUT2D eigenvalue weighted by Gasteiger charge is -2.33. The first-order chi connectivity index (χ1) is 14.5. The van der Waals surface area contributed by atoms with Crippen molar-refractivity contribution in [3.8, 4) is 0 Å². The Morgan fingerprint density at radius 2 is 1.87 bits per heavy atom. The Labute approximate surface area is 178 Å². The average molecular weight is 453 g/mol. The molecule has 12 heteroatoms. The molecule has 0 radical (unpaired) electrons. The van der Waals surface area contributed by atoms with Gasteiger partial charge in [-0.2, -0.15) is 13.2 Å². The SMILES string of the molecule is CN(CC(F)(F)F)C1CCN(c2ccc(N3CCC[C@@H](NC(N)=O)C3=O)c(F)c2F)C1.[HH].[HH]. The molecule has 2 aliphatic heterocycles. The van der Waals surface area contributed by atoms with Crippen LogP contribution in [0.15, 0.2) is 12.1 Å². The van der Waals surface area contributed by atoms with Gasteiger partial charge < -0.3 is 20.9 Å². The molecule has 1 unspecified atom stereocenters. The lowest BCUT2D eigenvalue weighted by atomic mass is 10.0. The van der Waals surface area contributed by atoms with Crippen LogP contribution >= 0.6 is 0 Å². The number of hydrogen-bond donors (Lipinski definition) is 2. The van der Waals surface area contributed by atoms with Gasteiger partial charge in [0.2, 0.25) is 5.91 Å². The van der Waals surface area contributed by atoms with Gasteiger partial charge in [-0.1, -0.05) is 0 Å². The number of benzene rings is 1. The largest absolute Gasteiger partial charge is 0.401 e. The molecule has 2 heterocycles. The molecule has 2 fully saturated rings. The number of carbonyl (C=O) groups is 2. The zero-order valence-electron chi connectivity index (χ0n) is 16.9. The van der Waals surface area contributed by atoms with Crippen LogP contribution in [-0.4, -0.2) is 68.3 Å². The molecule has 0 spiro atoms. The maximum atomic E-state index is 14.9. The summed E-state index contributed by atoms with van der Waals surface area (Å²) in [6.45, 7) is -0.538. The highest BCUT2D eigenvalue weighted by Crippen LogP contribution is 2.33. The summed E-state index contributed by atoms with van der Waals surface area (Å²) in [7, 11) is 1.35. The monoisotopic (exact) mass is 453 g/mol. The van der Waals surface area contributed by atoms with Crippen molar-refractivity contribution in [3.63, 3.8) is 0 Å². The van der Waals surface area contributed by atoms with Crippen molar-refractivity contribution in [1.82, 2.24) is 10.2 Å². The van der Waals surface area contributed by atoms with Gasteiger partial charge in [0, 0.05) is 28.5 Å². The van der Waals surface area contributed by atoms with Crippen LogP contribution in [-0.2, 0) is 4.79 Å². The lowest BCUT2D eigenvalue weighted by molar-refractivity contribution is -0.146. The van der Waals surface area contributed by atoms with E-state index in [0.29, 0.717) is 19.3 Å². The number of alkyl halides is 3. The van der Waals surface area contributed by atoms with Crippen molar-refractivity contribution in [3.05, 3.63) is 23.8 Å². The van der Waals surface area contributed by atoms with Gasteiger partial charge in [0.15, 0.2) is 11.6 Å². The standard InChI is InChI=1S/C19H24F5N5O2.2H2/c1-27(10-19(22,23)24)11-6-8-28(9-11)13-4-5-14(16(21)15(13)20)29-7-2-3-12(17(29)30)26-18(25)31;;/h4-5,11-12H,2-3,6-10H2,1H3,(H3,25,26,31);2*1H/t11?,12-;;/m1../s1. The number of nitrogens with two attached hydrogens (primary N) is 1. The number of amides is 3. The highest BCUT2D eigenvalue weighted by atomic mass is 19.4. The molecular weight excluding hydrogens is 425 g/mol. The number of nitrogens with one attached hydrogen (secondary N) is 1. The third-order valence-electron chi connectivity index (χ3n) is 5.64. The third-order valence-corrected chi connectivity index (χ3v) is 5.64. The Kier molecular flexibility index (Phi) is 6.58. The van der Waals surface area contributed by atoms with Crippen LogP contribution in [0, 0.1) is 11.6 Å². The van der Waals surface area contributed by atoms with E-state index >= 15 is 0 Å². The summed E-state index contributed by atoms with van der Waals surface area (Å²) >= 11 is 0. The minimum absolute atomic E-state index is 0. The molecule has 0 bridgehead atoms. The number of hydrogen-bond acceptors (Lipinski definition) is 4. The molecule has 7 nitrogen and oxygen atoms in total. The van der Waals surface area contributed by atoms with Crippen LogP contribution in [0.5, 0.6) is 0 Å². The number of carbonyl (C=O) groups excluding carboxylic acids is 2. The van der Waals surface area contributed by atoms with Gasteiger partial charge in [-0.15, -0.1) is 0 Å². The quantitative estimate of drug-likeness (QED) is 0.672. The zero-order valence-corrected chi connectivity index (χ0v) is 16.9. The van der Waals surface area contributed by atoms with E-state index in [1.807, 2.05) is 0 Å². The molecule has 2 saturated heterocycles. The molecule has 2 aliphatic rings. The predicted molar refractivity (Wildman–Crippen MR) is 108 cm³/mol. The number of nitrogens with zero attached hydrogens (tertiary/aromatic N) is 3. The van der Waals surface area contributed by atoms with E-state index in [2.05, 4.69) is 5.32 Å². The summed E-state index contributed by atoms with van der Waals surface area (Å²) in [5.74, 6) is -2.99. The van der Waals surface area contributed by atoms with Crippen LogP contribution in [0.4, 0.5) is 38.1 Å². The molecule has 31 heavy (non-hydrogen) atoms. The molecule has 3 rings (SSSR count). The van der Waals surface area contributed by atoms with Crippen molar-refractivity contribution in [2.45, 2.75) is 37.5 Å². The van der Waals surface area contributed by atoms with Gasteiger partial charge in [0.05, 0.1) is 17.9 Å². The summed E-state index contributed by atoms with van der Waals surface area (Å²) in [6.07, 6.45) is -3.18. The highest BCUT2D eigenvalue weighted by Gasteiger charge is 2.36. The molecule has 3 amide bonds. The van der Waals surface area contributed by atoms with Crippen LogP contribution in [0.1, 0.15) is 22.1 Å². The van der Waals surface area contributed by atoms with E-state index in [-0.39, 0.29) is 33.9 Å². The third kappa shape index (κ3) is 5.17. The zero-order chi connectivity index (χ0) is 22.9. The van der Waals surface area contributed by atoms with E-state index in [1.54, 1.807) is 0 Å². The summed E-state index contributed by atoms with van der Waals surface area (Å²) in [6, 6.07) is 0.329. The van der Waals surface area contributed by atoms with Crippen molar-refractivity contribution in [1.29, 1.82) is 0 Å². The van der Waals surface area contributed by atoms with Gasteiger partial charge in [-0.3, -0.25) is 9.69 Å². The smallest absolute Gasteiger partial charge is 0.367 e. The number of halogens is 5. The molecule has 2 atom stereocenters. The second kappa shape index (κ2) is 8.85. The summed E-state index contributed by atoms with van der Waals surface area (Å²) in [5, 5.41) is 2.29. The number of anilines is 2. The molecule has 176 valence electrons. The Morgan fingerprint density at radius 1 is 1.23 bits per heavy atom.